The van der Waals surface area contributed by atoms with Gasteiger partial charge in [-0.1, -0.05) is 14.7 Å². The molecule has 1 aromatic heterocycles. The van der Waals surface area contributed by atoms with Crippen LogP contribution in [-0.2, 0) is 4.79 Å². The van der Waals surface area contributed by atoms with Gasteiger partial charge in [-0.2, -0.15) is 0 Å². The highest BCUT2D eigenvalue weighted by molar-refractivity contribution is 7.51. The van der Waals surface area contributed by atoms with E-state index >= 15 is 0 Å². The van der Waals surface area contributed by atoms with Crippen molar-refractivity contribution in [2.75, 3.05) is 40.4 Å². The van der Waals surface area contributed by atoms with E-state index in [-0.39, 0.29) is 11.7 Å². The molecule has 1 N–H and O–H groups in total. The van der Waals surface area contributed by atoms with Gasteiger partial charge in [0.25, 0.3) is 5.91 Å². The molecule has 1 fully saturated rings. The molecule has 4 rings (SSSR count). The minimum absolute atomic E-state index is 0.0117. The van der Waals surface area contributed by atoms with E-state index in [4.69, 9.17) is 9.47 Å². The van der Waals surface area contributed by atoms with Crippen LogP contribution in [0, 0.1) is 0 Å². The fourth-order valence-electron chi connectivity index (χ4n) is 3.41. The van der Waals surface area contributed by atoms with Crippen molar-refractivity contribution in [1.82, 2.24) is 20.1 Å². The average Bonchev–Trinajstić information content (AvgIpc) is 2.73. The van der Waals surface area contributed by atoms with Gasteiger partial charge in [0.1, 0.15) is 0 Å². The lowest BCUT2D eigenvalue weighted by Crippen LogP contribution is -2.44. The van der Waals surface area contributed by atoms with Crippen LogP contribution in [0.3, 0.4) is 0 Å². The second-order valence-electron chi connectivity index (χ2n) is 6.47. The summed E-state index contributed by atoms with van der Waals surface area (Å²) in [5.74, 6) is 1.22. The summed E-state index contributed by atoms with van der Waals surface area (Å²) in [5, 5.41) is 4.29. The first-order valence-corrected chi connectivity index (χ1v) is 10.0. The molecule has 2 atom stereocenters. The van der Waals surface area contributed by atoms with Crippen LogP contribution in [-0.4, -0.2) is 66.9 Å². The van der Waals surface area contributed by atoms with Crippen molar-refractivity contribution in [3.05, 3.63) is 48.1 Å². The Balaban J connectivity index is 1.58. The molecule has 2 unspecified atom stereocenters. The normalized spacial score (nSPS) is 23.0. The van der Waals surface area contributed by atoms with Gasteiger partial charge in [-0.05, 0) is 6.08 Å². The zero-order valence-electron chi connectivity index (χ0n) is 15.4. The van der Waals surface area contributed by atoms with Crippen LogP contribution >= 0.6 is 8.58 Å². The number of piperazine rings is 1. The third-order valence-electron chi connectivity index (χ3n) is 4.88. The molecule has 0 spiro atoms. The van der Waals surface area contributed by atoms with Crippen molar-refractivity contribution in [1.29, 1.82) is 0 Å². The molecule has 0 aromatic carbocycles. The zero-order valence-corrected chi connectivity index (χ0v) is 16.4. The van der Waals surface area contributed by atoms with Gasteiger partial charge in [0.15, 0.2) is 11.5 Å². The molecule has 3 aliphatic rings. The van der Waals surface area contributed by atoms with Gasteiger partial charge < -0.3 is 24.6 Å². The van der Waals surface area contributed by atoms with Crippen molar-refractivity contribution >= 4 is 19.8 Å². The van der Waals surface area contributed by atoms with Crippen LogP contribution in [0.2, 0.25) is 0 Å². The molecule has 7 nitrogen and oxygen atoms in total. The number of nitrogens with one attached hydrogen (secondary N) is 1. The maximum Gasteiger partial charge on any atom is 0.252 e. The molecular weight excluding hydrogens is 363 g/mol. The predicted molar refractivity (Wildman–Crippen MR) is 106 cm³/mol. The molecular formula is C19H23N4O3P. The number of ether oxygens (including phenoxy) is 2. The van der Waals surface area contributed by atoms with E-state index in [0.29, 0.717) is 20.1 Å². The minimum Gasteiger partial charge on any atom is -0.493 e. The van der Waals surface area contributed by atoms with Gasteiger partial charge >= 0.3 is 0 Å². The average molecular weight is 386 g/mol. The van der Waals surface area contributed by atoms with E-state index in [0.717, 1.165) is 42.9 Å². The molecule has 0 bridgehead atoms. The quantitative estimate of drug-likeness (QED) is 0.793. The Kier molecular flexibility index (Phi) is 5.14. The van der Waals surface area contributed by atoms with Gasteiger partial charge in [-0.3, -0.25) is 9.78 Å². The maximum absolute atomic E-state index is 12.8. The summed E-state index contributed by atoms with van der Waals surface area (Å²) in [6.45, 7) is 3.86. The van der Waals surface area contributed by atoms with E-state index < -0.39 is 0 Å². The smallest absolute Gasteiger partial charge is 0.252 e. The van der Waals surface area contributed by atoms with Gasteiger partial charge in [0.05, 0.1) is 37.6 Å². The second kappa shape index (κ2) is 7.71. The number of amides is 1. The summed E-state index contributed by atoms with van der Waals surface area (Å²) in [6.07, 6.45) is 9.57. The summed E-state index contributed by atoms with van der Waals surface area (Å²) >= 11 is 0. The number of allylic oxidation sites excluding steroid dienone is 1. The zero-order chi connectivity index (χ0) is 18.8. The highest BCUT2D eigenvalue weighted by Crippen LogP contribution is 2.45. The number of fused-ring (bicyclic) bond motifs is 1. The summed E-state index contributed by atoms with van der Waals surface area (Å²) in [7, 11) is 3.60. The van der Waals surface area contributed by atoms with Gasteiger partial charge in [0.2, 0.25) is 0 Å². The maximum atomic E-state index is 12.8. The fraction of sp³-hybridized carbons (Fsp3) is 0.368. The third-order valence-corrected chi connectivity index (χ3v) is 6.35. The molecule has 0 saturated carbocycles. The highest BCUT2D eigenvalue weighted by Gasteiger charge is 2.30. The number of aromatic nitrogens is 1. The summed E-state index contributed by atoms with van der Waals surface area (Å²) in [6, 6.07) is 1.83. The molecule has 4 heterocycles. The van der Waals surface area contributed by atoms with Crippen molar-refractivity contribution in [2.45, 2.75) is 5.78 Å². The lowest BCUT2D eigenvalue weighted by molar-refractivity contribution is -0.123. The molecule has 3 aliphatic heterocycles. The number of carbonyl (C=O) groups excluding carboxylic acids is 1. The van der Waals surface area contributed by atoms with E-state index in [1.54, 1.807) is 26.5 Å². The Bertz CT molecular complexity index is 830. The second-order valence-corrected chi connectivity index (χ2v) is 7.89. The lowest BCUT2D eigenvalue weighted by atomic mass is 10.2. The van der Waals surface area contributed by atoms with E-state index in [1.165, 1.54) is 0 Å². The summed E-state index contributed by atoms with van der Waals surface area (Å²) in [4.78, 5) is 21.4. The number of hydrogen-bond acceptors (Lipinski definition) is 6. The Morgan fingerprint density at radius 2 is 2.00 bits per heavy atom. The Morgan fingerprint density at radius 1 is 1.22 bits per heavy atom. The largest absolute Gasteiger partial charge is 0.493 e. The first-order chi connectivity index (χ1) is 13.2. The van der Waals surface area contributed by atoms with Crippen LogP contribution in [0.5, 0.6) is 11.5 Å². The molecule has 1 aromatic rings. The molecule has 1 saturated heterocycles. The van der Waals surface area contributed by atoms with Crippen molar-refractivity contribution in [3.63, 3.8) is 0 Å². The van der Waals surface area contributed by atoms with Gasteiger partial charge in [0, 0.05) is 49.8 Å². The standard InChI is InChI=1S/C19H23N4O3P/c1-25-15-9-14(21-11-16(15)26-2)17-10-18(24)23-12-13(3-4-19(23)27-17)22-7-5-20-6-8-22/h3-4,9-12,19-20,27H,5-8H2,1-2H3. The predicted octanol–water partition coefficient (Wildman–Crippen LogP) is 1.60. The van der Waals surface area contributed by atoms with Gasteiger partial charge in [-0.15, -0.1) is 0 Å². The third kappa shape index (κ3) is 3.57. The first-order valence-electron chi connectivity index (χ1n) is 8.94. The molecule has 142 valence electrons. The monoisotopic (exact) mass is 386 g/mol. The van der Waals surface area contributed by atoms with E-state index in [1.807, 2.05) is 17.2 Å². The highest BCUT2D eigenvalue weighted by atomic mass is 31.1. The molecule has 8 heteroatoms. The number of hydrogen-bond donors (Lipinski definition) is 1. The van der Waals surface area contributed by atoms with Crippen LogP contribution in [0.25, 0.3) is 5.31 Å². The van der Waals surface area contributed by atoms with Crippen LogP contribution in [0.15, 0.2) is 42.4 Å². The molecule has 27 heavy (non-hydrogen) atoms. The number of methoxy groups -OCH3 is 2. The van der Waals surface area contributed by atoms with Crippen LogP contribution < -0.4 is 14.8 Å². The molecule has 0 radical (unpaired) electrons. The number of nitrogens with zero attached hydrogens (tertiary/aromatic N) is 3. The molecule has 0 aliphatic carbocycles. The Labute approximate surface area is 160 Å². The fourth-order valence-corrected chi connectivity index (χ4v) is 4.75. The number of rotatable bonds is 4. The minimum atomic E-state index is -0.0117. The van der Waals surface area contributed by atoms with E-state index in [9.17, 15) is 4.79 Å². The van der Waals surface area contributed by atoms with Crippen molar-refractivity contribution < 1.29 is 14.3 Å². The van der Waals surface area contributed by atoms with Crippen LogP contribution in [0.4, 0.5) is 0 Å². The van der Waals surface area contributed by atoms with Gasteiger partial charge in [-0.25, -0.2) is 0 Å². The van der Waals surface area contributed by atoms with E-state index in [2.05, 4.69) is 27.4 Å². The summed E-state index contributed by atoms with van der Waals surface area (Å²) < 4.78 is 10.6. The molecule has 1 amide bonds. The first kappa shape index (κ1) is 18.0. The Morgan fingerprint density at radius 3 is 2.74 bits per heavy atom. The number of pyridine rings is 1. The van der Waals surface area contributed by atoms with Crippen LogP contribution in [0.1, 0.15) is 5.69 Å². The summed E-state index contributed by atoms with van der Waals surface area (Å²) in [5.41, 5.74) is 1.86. The lowest BCUT2D eigenvalue weighted by Gasteiger charge is -2.37. The SMILES string of the molecule is COc1cnc(C2=CC(=O)N3C=C(N4CCNCC4)C=CC3P2)cc1OC. The Hall–Kier alpha value is -2.37. The topological polar surface area (TPSA) is 66.9 Å². The van der Waals surface area contributed by atoms with Crippen molar-refractivity contribution in [3.8, 4) is 11.5 Å². The number of carbonyl (C=O) groups is 1. The van der Waals surface area contributed by atoms with Crippen molar-refractivity contribution in [2.24, 2.45) is 0 Å².